The summed E-state index contributed by atoms with van der Waals surface area (Å²) in [5, 5.41) is 9.45. The van der Waals surface area contributed by atoms with Gasteiger partial charge in [0.2, 0.25) is 0 Å². The molecule has 0 saturated heterocycles. The Morgan fingerprint density at radius 3 is 2.50 bits per heavy atom. The number of halogens is 1. The van der Waals surface area contributed by atoms with Crippen LogP contribution in [0.5, 0.6) is 0 Å². The molecule has 0 aliphatic heterocycles. The molecule has 0 radical (unpaired) electrons. The van der Waals surface area contributed by atoms with Crippen LogP contribution in [0.3, 0.4) is 0 Å². The third-order valence-corrected chi connectivity index (χ3v) is 4.59. The van der Waals surface area contributed by atoms with E-state index in [4.69, 9.17) is 5.73 Å². The highest BCUT2D eigenvalue weighted by Gasteiger charge is 2.14. The molecule has 0 aliphatic rings. The first-order valence-electron chi connectivity index (χ1n) is 7.75. The molecule has 0 fully saturated rings. The molecule has 2 aromatic carbocycles. The number of hydrogen-bond donors (Lipinski definition) is 1. The van der Waals surface area contributed by atoms with Gasteiger partial charge >= 0.3 is 0 Å². The number of rotatable bonds is 4. The Hall–Kier alpha value is -2.51. The number of nitrogens with zero attached hydrogens (tertiary/aromatic N) is 2. The predicted molar refractivity (Wildman–Crippen MR) is 101 cm³/mol. The van der Waals surface area contributed by atoms with Gasteiger partial charge in [-0.2, -0.15) is 5.26 Å². The molecular weight excluding hydrogens is 362 g/mol. The number of aryl methyl sites for hydroxylation is 1. The second kappa shape index (κ2) is 6.94. The summed E-state index contributed by atoms with van der Waals surface area (Å²) in [6.45, 7) is 2.71. The minimum atomic E-state index is 0.595. The molecule has 3 aromatic rings. The van der Waals surface area contributed by atoms with Crippen molar-refractivity contribution in [3.8, 4) is 6.07 Å². The van der Waals surface area contributed by atoms with Crippen molar-refractivity contribution in [2.24, 2.45) is 0 Å². The van der Waals surface area contributed by atoms with Gasteiger partial charge < -0.3 is 10.3 Å². The van der Waals surface area contributed by atoms with Crippen LogP contribution in [0.2, 0.25) is 0 Å². The van der Waals surface area contributed by atoms with Crippen LogP contribution in [-0.2, 0) is 13.0 Å². The first-order valence-corrected chi connectivity index (χ1v) is 8.54. The van der Waals surface area contributed by atoms with Crippen molar-refractivity contribution in [2.75, 3.05) is 5.73 Å². The van der Waals surface area contributed by atoms with Crippen molar-refractivity contribution in [1.29, 1.82) is 5.26 Å². The zero-order valence-electron chi connectivity index (χ0n) is 13.5. The van der Waals surface area contributed by atoms with Crippen molar-refractivity contribution in [2.45, 2.75) is 19.9 Å². The van der Waals surface area contributed by atoms with Gasteiger partial charge in [0, 0.05) is 23.1 Å². The number of anilines is 1. The molecule has 0 atom stereocenters. The maximum absolute atomic E-state index is 9.45. The number of nitriles is 1. The van der Waals surface area contributed by atoms with Crippen molar-refractivity contribution in [1.82, 2.24) is 4.57 Å². The number of hydrogen-bond acceptors (Lipinski definition) is 2. The van der Waals surface area contributed by atoms with E-state index in [9.17, 15) is 5.26 Å². The molecule has 120 valence electrons. The van der Waals surface area contributed by atoms with Gasteiger partial charge in [0.25, 0.3) is 0 Å². The van der Waals surface area contributed by atoms with Crippen molar-refractivity contribution >= 4 is 21.6 Å². The largest absolute Gasteiger partial charge is 0.397 e. The van der Waals surface area contributed by atoms with Crippen LogP contribution in [0.25, 0.3) is 0 Å². The molecule has 2 N–H and O–H groups in total. The minimum Gasteiger partial charge on any atom is -0.397 e. The molecule has 0 saturated carbocycles. The minimum absolute atomic E-state index is 0.595. The fourth-order valence-corrected chi connectivity index (χ4v) is 3.13. The van der Waals surface area contributed by atoms with E-state index in [1.807, 2.05) is 22.8 Å². The lowest BCUT2D eigenvalue weighted by Crippen LogP contribution is -2.08. The molecule has 0 unspecified atom stereocenters. The fourth-order valence-electron chi connectivity index (χ4n) is 2.87. The molecule has 0 spiro atoms. The lowest BCUT2D eigenvalue weighted by atomic mass is 10.1. The standard InChI is InChI=1S/C20H18BrN3/c1-14-3-2-4-16(9-14)10-20-19(23)11-18(12-22)24(20)13-15-5-7-17(21)8-6-15/h2-9,11H,10,13,23H2,1H3. The molecule has 0 aliphatic carbocycles. The van der Waals surface area contributed by atoms with Gasteiger partial charge in [0.15, 0.2) is 0 Å². The summed E-state index contributed by atoms with van der Waals surface area (Å²) in [6, 6.07) is 20.5. The molecule has 1 aromatic heterocycles. The van der Waals surface area contributed by atoms with Crippen molar-refractivity contribution in [3.63, 3.8) is 0 Å². The van der Waals surface area contributed by atoms with Crippen LogP contribution < -0.4 is 5.73 Å². The van der Waals surface area contributed by atoms with Crippen LogP contribution in [0.1, 0.15) is 28.1 Å². The van der Waals surface area contributed by atoms with E-state index in [0.29, 0.717) is 24.3 Å². The average molecular weight is 380 g/mol. The van der Waals surface area contributed by atoms with E-state index in [1.54, 1.807) is 6.07 Å². The molecule has 0 amide bonds. The maximum Gasteiger partial charge on any atom is 0.122 e. The Bertz CT molecular complexity index is 902. The molecule has 3 nitrogen and oxygen atoms in total. The molecule has 0 bridgehead atoms. The second-order valence-corrected chi connectivity index (χ2v) is 6.84. The first kappa shape index (κ1) is 16.4. The van der Waals surface area contributed by atoms with Crippen LogP contribution in [0.4, 0.5) is 5.69 Å². The number of nitrogens with two attached hydrogens (primary N) is 1. The fraction of sp³-hybridized carbons (Fsp3) is 0.150. The van der Waals surface area contributed by atoms with E-state index in [1.165, 1.54) is 11.1 Å². The van der Waals surface area contributed by atoms with Crippen LogP contribution in [-0.4, -0.2) is 4.57 Å². The SMILES string of the molecule is Cc1cccc(Cc2c(N)cc(C#N)n2Cc2ccc(Br)cc2)c1. The van der Waals surface area contributed by atoms with Crippen molar-refractivity contribution < 1.29 is 0 Å². The van der Waals surface area contributed by atoms with Crippen LogP contribution in [0.15, 0.2) is 59.1 Å². The Morgan fingerprint density at radius 2 is 1.83 bits per heavy atom. The van der Waals surface area contributed by atoms with E-state index < -0.39 is 0 Å². The third kappa shape index (κ3) is 3.52. The topological polar surface area (TPSA) is 54.7 Å². The first-order chi connectivity index (χ1) is 11.6. The predicted octanol–water partition coefficient (Wildman–Crippen LogP) is 4.65. The highest BCUT2D eigenvalue weighted by Crippen LogP contribution is 2.24. The number of nitrogen functional groups attached to an aromatic ring is 1. The zero-order chi connectivity index (χ0) is 17.1. The molecule has 24 heavy (non-hydrogen) atoms. The summed E-state index contributed by atoms with van der Waals surface area (Å²) in [5.41, 5.74) is 12.0. The Morgan fingerprint density at radius 1 is 1.08 bits per heavy atom. The summed E-state index contributed by atoms with van der Waals surface area (Å²) < 4.78 is 3.06. The van der Waals surface area contributed by atoms with Gasteiger partial charge in [-0.1, -0.05) is 57.9 Å². The Kier molecular flexibility index (Phi) is 4.73. The quantitative estimate of drug-likeness (QED) is 0.716. The molecular formula is C20H18BrN3. The van der Waals surface area contributed by atoms with E-state index in [-0.39, 0.29) is 0 Å². The van der Waals surface area contributed by atoms with Gasteiger partial charge in [-0.3, -0.25) is 0 Å². The van der Waals surface area contributed by atoms with Crippen LogP contribution in [0, 0.1) is 18.3 Å². The van der Waals surface area contributed by atoms with E-state index in [0.717, 1.165) is 15.7 Å². The van der Waals surface area contributed by atoms with E-state index >= 15 is 0 Å². The monoisotopic (exact) mass is 379 g/mol. The summed E-state index contributed by atoms with van der Waals surface area (Å²) in [7, 11) is 0. The van der Waals surface area contributed by atoms with E-state index in [2.05, 4.69) is 59.3 Å². The molecule has 1 heterocycles. The summed E-state index contributed by atoms with van der Waals surface area (Å²) in [4.78, 5) is 0. The number of aromatic nitrogens is 1. The summed E-state index contributed by atoms with van der Waals surface area (Å²) >= 11 is 3.45. The average Bonchev–Trinajstić information content (AvgIpc) is 2.85. The van der Waals surface area contributed by atoms with Gasteiger partial charge in [0.05, 0.1) is 5.69 Å². The Balaban J connectivity index is 1.98. The van der Waals surface area contributed by atoms with Gasteiger partial charge in [0.1, 0.15) is 11.8 Å². The highest BCUT2D eigenvalue weighted by atomic mass is 79.9. The highest BCUT2D eigenvalue weighted by molar-refractivity contribution is 9.10. The lowest BCUT2D eigenvalue weighted by Gasteiger charge is -2.12. The molecule has 3 rings (SSSR count). The maximum atomic E-state index is 9.45. The summed E-state index contributed by atoms with van der Waals surface area (Å²) in [5.74, 6) is 0. The lowest BCUT2D eigenvalue weighted by molar-refractivity contribution is 0.749. The second-order valence-electron chi connectivity index (χ2n) is 5.92. The van der Waals surface area contributed by atoms with Gasteiger partial charge in [-0.05, 0) is 36.2 Å². The van der Waals surface area contributed by atoms with Gasteiger partial charge in [-0.15, -0.1) is 0 Å². The number of benzene rings is 2. The normalized spacial score (nSPS) is 10.5. The van der Waals surface area contributed by atoms with Gasteiger partial charge in [-0.25, -0.2) is 0 Å². The Labute approximate surface area is 150 Å². The van der Waals surface area contributed by atoms with Crippen molar-refractivity contribution in [3.05, 3.63) is 87.1 Å². The summed E-state index contributed by atoms with van der Waals surface area (Å²) in [6.07, 6.45) is 0.714. The third-order valence-electron chi connectivity index (χ3n) is 4.06. The zero-order valence-corrected chi connectivity index (χ0v) is 15.0. The molecule has 4 heteroatoms. The van der Waals surface area contributed by atoms with Crippen LogP contribution >= 0.6 is 15.9 Å². The smallest absolute Gasteiger partial charge is 0.122 e.